The first-order valence-corrected chi connectivity index (χ1v) is 8.32. The Morgan fingerprint density at radius 3 is 2.58 bits per heavy atom. The zero-order valence-corrected chi connectivity index (χ0v) is 14.3. The third-order valence-corrected chi connectivity index (χ3v) is 4.14. The second-order valence-electron chi connectivity index (χ2n) is 5.85. The number of rotatable bonds is 6. The van der Waals surface area contributed by atoms with Crippen LogP contribution in [0.2, 0.25) is 0 Å². The number of ether oxygens (including phenoxy) is 1. The van der Waals surface area contributed by atoms with Crippen LogP contribution in [0.15, 0.2) is 60.7 Å². The van der Waals surface area contributed by atoms with E-state index in [1.165, 1.54) is 0 Å². The molecule has 0 radical (unpaired) electrons. The van der Waals surface area contributed by atoms with Gasteiger partial charge < -0.3 is 9.84 Å². The summed E-state index contributed by atoms with van der Waals surface area (Å²) in [5.41, 5.74) is 3.00. The molecule has 4 heteroatoms. The number of pyridine rings is 1. The quantitative estimate of drug-likeness (QED) is 0.628. The summed E-state index contributed by atoms with van der Waals surface area (Å²) in [7, 11) is 0. The first kappa shape index (κ1) is 16.4. The molecule has 0 aliphatic rings. The van der Waals surface area contributed by atoms with Gasteiger partial charge in [-0.2, -0.15) is 0 Å². The Bertz CT molecular complexity index is 846. The van der Waals surface area contributed by atoms with Crippen LogP contribution in [0, 0.1) is 0 Å². The fourth-order valence-corrected chi connectivity index (χ4v) is 2.87. The van der Waals surface area contributed by atoms with Gasteiger partial charge in [0.05, 0.1) is 11.2 Å². The molecule has 122 valence electrons. The standard InChI is InChI=1S/C20H19NO2S/c1-14(12-20(22)24)15-7-10-18(11-8-15)23-13-17-9-6-16-4-2-3-5-19(16)21-17/h2-11,14H,12-13H2,1H3,(H,22,24). The van der Waals surface area contributed by atoms with Crippen molar-refractivity contribution in [2.45, 2.75) is 25.9 Å². The summed E-state index contributed by atoms with van der Waals surface area (Å²) in [5.74, 6) is 0.992. The van der Waals surface area contributed by atoms with Gasteiger partial charge in [0.1, 0.15) is 12.4 Å². The summed E-state index contributed by atoms with van der Waals surface area (Å²) >= 11 is 4.75. The predicted octanol–water partition coefficient (Wildman–Crippen LogP) is 5.19. The average molecular weight is 337 g/mol. The summed E-state index contributed by atoms with van der Waals surface area (Å²) in [5, 5.41) is 10.4. The van der Waals surface area contributed by atoms with Crippen LogP contribution in [0.3, 0.4) is 0 Å². The molecule has 2 aromatic carbocycles. The molecule has 0 aliphatic carbocycles. The first-order chi connectivity index (χ1) is 11.6. The lowest BCUT2D eigenvalue weighted by molar-refractivity contribution is 0.301. The highest BCUT2D eigenvalue weighted by Crippen LogP contribution is 2.23. The molecule has 1 heterocycles. The Morgan fingerprint density at radius 1 is 1.08 bits per heavy atom. The summed E-state index contributed by atoms with van der Waals surface area (Å²) in [6.45, 7) is 2.47. The van der Waals surface area contributed by atoms with Crippen molar-refractivity contribution in [3.63, 3.8) is 0 Å². The van der Waals surface area contributed by atoms with Gasteiger partial charge in [-0.15, -0.1) is 0 Å². The van der Waals surface area contributed by atoms with Crippen LogP contribution in [0.25, 0.3) is 10.9 Å². The molecule has 1 unspecified atom stereocenters. The maximum Gasteiger partial charge on any atom is 0.157 e. The minimum absolute atomic E-state index is 0.0465. The van der Waals surface area contributed by atoms with Crippen molar-refractivity contribution >= 4 is 28.2 Å². The molecule has 1 N–H and O–H groups in total. The number of benzene rings is 2. The van der Waals surface area contributed by atoms with Gasteiger partial charge >= 0.3 is 0 Å². The number of aliphatic hydroxyl groups is 1. The van der Waals surface area contributed by atoms with Crippen LogP contribution in [0.1, 0.15) is 30.5 Å². The molecule has 0 fully saturated rings. The largest absolute Gasteiger partial charge is 0.502 e. The zero-order chi connectivity index (χ0) is 16.9. The highest BCUT2D eigenvalue weighted by Gasteiger charge is 2.08. The van der Waals surface area contributed by atoms with Crippen molar-refractivity contribution in [1.82, 2.24) is 4.98 Å². The minimum Gasteiger partial charge on any atom is -0.502 e. The molecule has 3 rings (SSSR count). The van der Waals surface area contributed by atoms with Crippen LogP contribution >= 0.6 is 12.2 Å². The van der Waals surface area contributed by atoms with Crippen molar-refractivity contribution in [2.24, 2.45) is 0 Å². The van der Waals surface area contributed by atoms with E-state index in [1.807, 2.05) is 61.5 Å². The van der Waals surface area contributed by atoms with Crippen LogP contribution in [-0.2, 0) is 6.61 Å². The maximum absolute atomic E-state index is 9.22. The topological polar surface area (TPSA) is 42.4 Å². The molecular weight excluding hydrogens is 318 g/mol. The molecular formula is C20H19NO2S. The third-order valence-electron chi connectivity index (χ3n) is 3.97. The number of thiocarbonyl (C=S) groups is 1. The highest BCUT2D eigenvalue weighted by atomic mass is 32.1. The van der Waals surface area contributed by atoms with Gasteiger partial charge in [0.15, 0.2) is 5.05 Å². The predicted molar refractivity (Wildman–Crippen MR) is 101 cm³/mol. The minimum atomic E-state index is 0.0465. The number of aromatic nitrogens is 1. The third kappa shape index (κ3) is 4.09. The molecule has 24 heavy (non-hydrogen) atoms. The van der Waals surface area contributed by atoms with Crippen LogP contribution in [-0.4, -0.2) is 15.1 Å². The van der Waals surface area contributed by atoms with Crippen molar-refractivity contribution in [2.75, 3.05) is 0 Å². The summed E-state index contributed by atoms with van der Waals surface area (Å²) in [4.78, 5) is 4.60. The Hall–Kier alpha value is -2.46. The lowest BCUT2D eigenvalue weighted by Gasteiger charge is -2.11. The van der Waals surface area contributed by atoms with E-state index in [2.05, 4.69) is 11.1 Å². The molecule has 0 bridgehead atoms. The maximum atomic E-state index is 9.22. The molecule has 3 nitrogen and oxygen atoms in total. The van der Waals surface area contributed by atoms with Crippen molar-refractivity contribution in [3.05, 3.63) is 71.9 Å². The molecule has 0 aliphatic heterocycles. The molecule has 0 saturated carbocycles. The van der Waals surface area contributed by atoms with Gasteiger partial charge in [-0.25, -0.2) is 4.98 Å². The van der Waals surface area contributed by atoms with E-state index in [0.717, 1.165) is 27.9 Å². The lowest BCUT2D eigenvalue weighted by atomic mass is 9.98. The van der Waals surface area contributed by atoms with Crippen molar-refractivity contribution in [1.29, 1.82) is 0 Å². The SMILES string of the molecule is CC(CC(O)=S)c1ccc(OCc2ccc3ccccc3n2)cc1. The molecule has 3 aromatic rings. The Balaban J connectivity index is 1.64. The fraction of sp³-hybridized carbons (Fsp3) is 0.200. The van der Waals surface area contributed by atoms with Gasteiger partial charge in [0.25, 0.3) is 0 Å². The van der Waals surface area contributed by atoms with E-state index in [4.69, 9.17) is 17.0 Å². The number of hydrogen-bond acceptors (Lipinski definition) is 3. The van der Waals surface area contributed by atoms with Crippen LogP contribution in [0.4, 0.5) is 0 Å². The number of hydrogen-bond donors (Lipinski definition) is 1. The van der Waals surface area contributed by atoms with Gasteiger partial charge in [-0.3, -0.25) is 0 Å². The monoisotopic (exact) mass is 337 g/mol. The Labute approximate surface area is 146 Å². The number of aliphatic hydroxyl groups excluding tert-OH is 1. The molecule has 1 atom stereocenters. The summed E-state index contributed by atoms with van der Waals surface area (Å²) in [6.07, 6.45) is 0.497. The number of nitrogens with zero attached hydrogens (tertiary/aromatic N) is 1. The molecule has 0 amide bonds. The van der Waals surface area contributed by atoms with Gasteiger partial charge in [0, 0.05) is 11.8 Å². The molecule has 1 aromatic heterocycles. The first-order valence-electron chi connectivity index (χ1n) is 7.91. The summed E-state index contributed by atoms with van der Waals surface area (Å²) < 4.78 is 5.82. The van der Waals surface area contributed by atoms with Gasteiger partial charge in [0.2, 0.25) is 0 Å². The van der Waals surface area contributed by atoms with E-state index in [9.17, 15) is 5.11 Å². The number of para-hydroxylation sites is 1. The molecule has 0 saturated heterocycles. The average Bonchev–Trinajstić information content (AvgIpc) is 2.59. The smallest absolute Gasteiger partial charge is 0.157 e. The van der Waals surface area contributed by atoms with E-state index >= 15 is 0 Å². The van der Waals surface area contributed by atoms with E-state index < -0.39 is 0 Å². The van der Waals surface area contributed by atoms with Gasteiger partial charge in [-0.05, 0) is 48.0 Å². The Morgan fingerprint density at radius 2 is 1.83 bits per heavy atom. The van der Waals surface area contributed by atoms with E-state index in [1.54, 1.807) is 0 Å². The number of fused-ring (bicyclic) bond motifs is 1. The van der Waals surface area contributed by atoms with E-state index in [0.29, 0.717) is 13.0 Å². The second kappa shape index (κ2) is 7.41. The van der Waals surface area contributed by atoms with Crippen LogP contribution < -0.4 is 4.74 Å². The fourth-order valence-electron chi connectivity index (χ4n) is 2.62. The Kier molecular flexibility index (Phi) is 5.06. The highest BCUT2D eigenvalue weighted by molar-refractivity contribution is 7.80. The second-order valence-corrected chi connectivity index (χ2v) is 6.32. The normalized spacial score (nSPS) is 12.0. The zero-order valence-electron chi connectivity index (χ0n) is 13.5. The lowest BCUT2D eigenvalue weighted by Crippen LogP contribution is -2.01. The molecule has 0 spiro atoms. The van der Waals surface area contributed by atoms with Crippen molar-refractivity contribution in [3.8, 4) is 5.75 Å². The van der Waals surface area contributed by atoms with Crippen molar-refractivity contribution < 1.29 is 9.84 Å². The summed E-state index contributed by atoms with van der Waals surface area (Å²) in [6, 6.07) is 20.0. The van der Waals surface area contributed by atoms with Gasteiger partial charge in [-0.1, -0.05) is 43.3 Å². The van der Waals surface area contributed by atoms with E-state index in [-0.39, 0.29) is 11.0 Å². The van der Waals surface area contributed by atoms with Crippen LogP contribution in [0.5, 0.6) is 5.75 Å².